The second kappa shape index (κ2) is 33.0. The topological polar surface area (TPSA) is 34.1 Å². The standard InChI is InChI=1S/C12H26.C3H5O.C2H3O.C2H6.U/c1-5-8-12(7-3)10-9-11(4)6-2;1-3(2)4;1-2-3;1-2;/h11-12H,5-10H2,1-4H3;1H2,2H3;1H3;1-2H3;/q;2*-1;;+2. The third kappa shape index (κ3) is 50.0. The van der Waals surface area contributed by atoms with E-state index in [0.717, 1.165) is 11.8 Å². The SMILES string of the molecule is CC.CCCC(CC)CCC(C)CC.C[C-]=O.[CH2-]C(C)=O.[U+2]. The van der Waals surface area contributed by atoms with Crippen molar-refractivity contribution >= 4 is 12.1 Å². The molecule has 0 saturated carbocycles. The molecule has 2 unspecified atom stereocenters. The molecule has 0 aromatic carbocycles. The molecule has 0 amide bonds. The minimum absolute atomic E-state index is 0. The maximum absolute atomic E-state index is 9.33. The molecule has 0 bridgehead atoms. The van der Waals surface area contributed by atoms with Crippen molar-refractivity contribution < 1.29 is 40.7 Å². The van der Waals surface area contributed by atoms with Crippen LogP contribution in [0, 0.1) is 49.9 Å². The Balaban J connectivity index is -0.0000000806. The number of hydrogen-bond acceptors (Lipinski definition) is 2. The molecule has 0 aromatic rings. The van der Waals surface area contributed by atoms with Crippen molar-refractivity contribution in [3.05, 3.63) is 6.92 Å². The molecule has 0 heterocycles. The second-order valence-electron chi connectivity index (χ2n) is 5.06. The van der Waals surface area contributed by atoms with Crippen LogP contribution < -0.4 is 0 Å². The van der Waals surface area contributed by atoms with Crippen LogP contribution in [0.25, 0.3) is 0 Å². The largest absolute Gasteiger partial charge is 2.00 e. The number of hydrogen-bond donors (Lipinski definition) is 0. The van der Waals surface area contributed by atoms with Gasteiger partial charge in [-0.2, -0.15) is 6.92 Å². The summed E-state index contributed by atoms with van der Waals surface area (Å²) in [5.41, 5.74) is 0. The molecule has 0 saturated heterocycles. The summed E-state index contributed by atoms with van der Waals surface area (Å²) in [5, 5.41) is 0. The fourth-order valence-electron chi connectivity index (χ4n) is 1.69. The number of ketones is 1. The van der Waals surface area contributed by atoms with Crippen molar-refractivity contribution in [2.24, 2.45) is 11.8 Å². The van der Waals surface area contributed by atoms with Gasteiger partial charge in [-0.15, -0.1) is 0 Å². The van der Waals surface area contributed by atoms with Crippen LogP contribution >= 0.6 is 0 Å². The van der Waals surface area contributed by atoms with Crippen molar-refractivity contribution in [1.82, 2.24) is 0 Å². The Kier molecular flexibility index (Phi) is 50.7. The normalized spacial score (nSPS) is 10.7. The summed E-state index contributed by atoms with van der Waals surface area (Å²) in [6, 6.07) is 0. The van der Waals surface area contributed by atoms with Crippen LogP contribution in [0.1, 0.15) is 93.9 Å². The van der Waals surface area contributed by atoms with Crippen molar-refractivity contribution in [2.75, 3.05) is 0 Å². The van der Waals surface area contributed by atoms with Crippen molar-refractivity contribution in [1.29, 1.82) is 0 Å². The van der Waals surface area contributed by atoms with Crippen molar-refractivity contribution in [3.8, 4) is 0 Å². The maximum Gasteiger partial charge on any atom is 2.00 e. The van der Waals surface area contributed by atoms with E-state index in [0.29, 0.717) is 0 Å². The van der Waals surface area contributed by atoms with Gasteiger partial charge in [0.2, 0.25) is 0 Å². The minimum Gasteiger partial charge on any atom is -0.542 e. The summed E-state index contributed by atoms with van der Waals surface area (Å²) < 4.78 is 0. The molecule has 0 rings (SSSR count). The first-order chi connectivity index (χ1) is 9.89. The average molecular weight is 539 g/mol. The van der Waals surface area contributed by atoms with E-state index in [4.69, 9.17) is 4.79 Å². The molecule has 132 valence electrons. The molecule has 0 N–H and O–H groups in total. The van der Waals surface area contributed by atoms with E-state index in [1.165, 1.54) is 58.7 Å². The van der Waals surface area contributed by atoms with E-state index in [1.807, 2.05) is 13.8 Å². The number of Topliss-reactive ketones (excluding diaryl/α,β-unsaturated/α-hetero) is 1. The summed E-state index contributed by atoms with van der Waals surface area (Å²) in [4.78, 5) is 18.0. The second-order valence-corrected chi connectivity index (χ2v) is 5.06. The molecule has 0 spiro atoms. The van der Waals surface area contributed by atoms with Crippen LogP contribution in [0.3, 0.4) is 0 Å². The smallest absolute Gasteiger partial charge is 0.542 e. The molecule has 0 aliphatic heterocycles. The molecule has 2 atom stereocenters. The van der Waals surface area contributed by atoms with Crippen LogP contribution in [0.15, 0.2) is 0 Å². The monoisotopic (exact) mass is 538 g/mol. The van der Waals surface area contributed by atoms with Gasteiger partial charge in [-0.1, -0.05) is 80.1 Å². The molecular formula is C19H40O2U. The Hall–Kier alpha value is 0.262. The van der Waals surface area contributed by atoms with Crippen LogP contribution in [0.4, 0.5) is 0 Å². The number of rotatable bonds is 7. The van der Waals surface area contributed by atoms with Gasteiger partial charge in [-0.05, 0) is 24.5 Å². The van der Waals surface area contributed by atoms with Gasteiger partial charge in [0.05, 0.1) is 0 Å². The van der Waals surface area contributed by atoms with Gasteiger partial charge in [0.15, 0.2) is 0 Å². The summed E-state index contributed by atoms with van der Waals surface area (Å²) in [7, 11) is 0. The molecule has 2 nitrogen and oxygen atoms in total. The van der Waals surface area contributed by atoms with E-state index < -0.39 is 0 Å². The average Bonchev–Trinajstić information content (AvgIpc) is 2.45. The zero-order valence-corrected chi connectivity index (χ0v) is 20.6. The third-order valence-electron chi connectivity index (χ3n) is 3.04. The molecule has 0 aliphatic rings. The summed E-state index contributed by atoms with van der Waals surface area (Å²) in [5.74, 6) is 1.86. The van der Waals surface area contributed by atoms with E-state index in [1.54, 1.807) is 0 Å². The predicted molar refractivity (Wildman–Crippen MR) is 96.1 cm³/mol. The fourth-order valence-corrected chi connectivity index (χ4v) is 1.69. The first kappa shape index (κ1) is 33.8. The fraction of sp³-hybridized carbons (Fsp3) is 0.842. The van der Waals surface area contributed by atoms with Crippen LogP contribution in [0.2, 0.25) is 0 Å². The summed E-state index contributed by atoms with van der Waals surface area (Å²) in [6.45, 7) is 19.0. The van der Waals surface area contributed by atoms with E-state index in [-0.39, 0.29) is 36.9 Å². The summed E-state index contributed by atoms with van der Waals surface area (Å²) >= 11 is 0. The molecule has 0 aliphatic carbocycles. The Bertz CT molecular complexity index is 190. The van der Waals surface area contributed by atoms with Crippen molar-refractivity contribution in [3.63, 3.8) is 0 Å². The van der Waals surface area contributed by atoms with E-state index in [9.17, 15) is 4.79 Å². The van der Waals surface area contributed by atoms with Gasteiger partial charge in [0.1, 0.15) is 0 Å². The van der Waals surface area contributed by atoms with Crippen LogP contribution in [0.5, 0.6) is 0 Å². The molecule has 0 fully saturated rings. The Morgan fingerprint density at radius 1 is 1.05 bits per heavy atom. The minimum atomic E-state index is -0.0833. The molecule has 0 radical (unpaired) electrons. The number of carbonyl (C=O) groups excluding carboxylic acids is 2. The van der Waals surface area contributed by atoms with Gasteiger partial charge >= 0.3 is 31.1 Å². The first-order valence-corrected chi connectivity index (χ1v) is 8.50. The quantitative estimate of drug-likeness (QED) is 0.362. The Labute approximate surface area is 165 Å². The van der Waals surface area contributed by atoms with Gasteiger partial charge in [-0.3, -0.25) is 6.29 Å². The van der Waals surface area contributed by atoms with E-state index in [2.05, 4.69) is 34.6 Å². The Morgan fingerprint density at radius 2 is 1.41 bits per heavy atom. The first-order valence-electron chi connectivity index (χ1n) is 8.50. The zero-order valence-electron chi connectivity index (χ0n) is 16.4. The van der Waals surface area contributed by atoms with Crippen LogP contribution in [-0.2, 0) is 9.59 Å². The third-order valence-corrected chi connectivity index (χ3v) is 3.04. The molecule has 22 heavy (non-hydrogen) atoms. The molecule has 0 aromatic heterocycles. The maximum atomic E-state index is 9.33. The molecular weight excluding hydrogens is 498 g/mol. The van der Waals surface area contributed by atoms with Gasteiger partial charge < -0.3 is 16.5 Å². The predicted octanol–water partition coefficient (Wildman–Crippen LogP) is 6.19. The van der Waals surface area contributed by atoms with Crippen molar-refractivity contribution in [2.45, 2.75) is 93.9 Å². The van der Waals surface area contributed by atoms with Gasteiger partial charge in [0, 0.05) is 0 Å². The zero-order chi connectivity index (χ0) is 17.7. The van der Waals surface area contributed by atoms with E-state index >= 15 is 0 Å². The van der Waals surface area contributed by atoms with Gasteiger partial charge in [-0.25, -0.2) is 0 Å². The number of carbonyl (C=O) groups is 1. The Morgan fingerprint density at radius 3 is 1.64 bits per heavy atom. The van der Waals surface area contributed by atoms with Crippen LogP contribution in [-0.4, -0.2) is 12.1 Å². The van der Waals surface area contributed by atoms with Gasteiger partial charge in [0.25, 0.3) is 0 Å². The molecule has 3 heteroatoms. The summed E-state index contributed by atoms with van der Waals surface area (Å²) in [6.07, 6.45) is 9.92.